The van der Waals surface area contributed by atoms with Gasteiger partial charge in [-0.2, -0.15) is 0 Å². The van der Waals surface area contributed by atoms with Crippen molar-refractivity contribution >= 4 is 12.1 Å². The van der Waals surface area contributed by atoms with Gasteiger partial charge >= 0.3 is 12.1 Å². The molecule has 1 aromatic heterocycles. The summed E-state index contributed by atoms with van der Waals surface area (Å²) in [7, 11) is 1.35. The van der Waals surface area contributed by atoms with Crippen molar-refractivity contribution in [3.05, 3.63) is 18.2 Å². The van der Waals surface area contributed by atoms with Gasteiger partial charge in [0.25, 0.3) is 0 Å². The van der Waals surface area contributed by atoms with E-state index in [0.29, 0.717) is 6.54 Å². The summed E-state index contributed by atoms with van der Waals surface area (Å²) in [4.78, 5) is 26.6. The van der Waals surface area contributed by atoms with Crippen molar-refractivity contribution in [2.75, 3.05) is 7.11 Å². The van der Waals surface area contributed by atoms with Gasteiger partial charge in [-0.25, -0.2) is 9.78 Å². The Balaban J connectivity index is 2.47. The fraction of sp³-hybridized carbons (Fsp3) is 0.615. The normalized spacial score (nSPS) is 11.0. The second-order valence-electron chi connectivity index (χ2n) is 5.26. The average molecular weight is 283 g/mol. The predicted molar refractivity (Wildman–Crippen MR) is 71.9 cm³/mol. The molecular formula is C13H21N3O4. The molecule has 1 amide bonds. The van der Waals surface area contributed by atoms with E-state index in [1.165, 1.54) is 7.11 Å². The Labute approximate surface area is 118 Å². The van der Waals surface area contributed by atoms with Gasteiger partial charge in [0.15, 0.2) is 0 Å². The zero-order valence-corrected chi connectivity index (χ0v) is 12.3. The van der Waals surface area contributed by atoms with E-state index in [1.807, 2.05) is 0 Å². The Hall–Kier alpha value is -2.05. The summed E-state index contributed by atoms with van der Waals surface area (Å²) in [5, 5.41) is 2.65. The number of ether oxygens (including phenoxy) is 2. The SMILES string of the molecule is COC(=O)CCn1cncc1CNC(=O)OC(C)(C)C. The van der Waals surface area contributed by atoms with Crippen LogP contribution in [0.5, 0.6) is 0 Å². The molecule has 1 aromatic rings. The first-order valence-electron chi connectivity index (χ1n) is 6.34. The first-order chi connectivity index (χ1) is 9.31. The lowest BCUT2D eigenvalue weighted by molar-refractivity contribution is -0.140. The number of aryl methyl sites for hydroxylation is 1. The summed E-state index contributed by atoms with van der Waals surface area (Å²) in [5.74, 6) is -0.287. The number of nitrogens with zero attached hydrogens (tertiary/aromatic N) is 2. The molecule has 1 rings (SSSR count). The molecule has 0 aliphatic rings. The van der Waals surface area contributed by atoms with Crippen molar-refractivity contribution in [3.8, 4) is 0 Å². The lowest BCUT2D eigenvalue weighted by Crippen LogP contribution is -2.32. The molecule has 0 saturated heterocycles. The molecule has 0 fully saturated rings. The van der Waals surface area contributed by atoms with Crippen LogP contribution in [0.15, 0.2) is 12.5 Å². The van der Waals surface area contributed by atoms with Crippen LogP contribution >= 0.6 is 0 Å². The number of nitrogens with one attached hydrogen (secondary N) is 1. The molecule has 0 radical (unpaired) electrons. The molecule has 0 aliphatic carbocycles. The van der Waals surface area contributed by atoms with Crippen LogP contribution in [-0.2, 0) is 27.4 Å². The lowest BCUT2D eigenvalue weighted by atomic mass is 10.2. The lowest BCUT2D eigenvalue weighted by Gasteiger charge is -2.19. The molecule has 112 valence electrons. The van der Waals surface area contributed by atoms with E-state index < -0.39 is 11.7 Å². The van der Waals surface area contributed by atoms with Gasteiger partial charge in [-0.3, -0.25) is 4.79 Å². The maximum Gasteiger partial charge on any atom is 0.407 e. The van der Waals surface area contributed by atoms with E-state index in [9.17, 15) is 9.59 Å². The van der Waals surface area contributed by atoms with E-state index in [0.717, 1.165) is 5.69 Å². The molecular weight excluding hydrogens is 262 g/mol. The van der Waals surface area contributed by atoms with Gasteiger partial charge in [-0.1, -0.05) is 0 Å². The smallest absolute Gasteiger partial charge is 0.407 e. The highest BCUT2D eigenvalue weighted by Gasteiger charge is 2.16. The number of hydrogen-bond donors (Lipinski definition) is 1. The van der Waals surface area contributed by atoms with Crippen molar-refractivity contribution in [2.45, 2.75) is 45.9 Å². The van der Waals surface area contributed by atoms with Crippen molar-refractivity contribution < 1.29 is 19.1 Å². The summed E-state index contributed by atoms with van der Waals surface area (Å²) < 4.78 is 11.5. The first kappa shape index (κ1) is 16.0. The Bertz CT molecular complexity index is 462. The molecule has 1 heterocycles. The topological polar surface area (TPSA) is 82.5 Å². The Morgan fingerprint density at radius 2 is 2.10 bits per heavy atom. The molecule has 1 N–H and O–H groups in total. The number of rotatable bonds is 5. The molecule has 0 spiro atoms. The highest BCUT2D eigenvalue weighted by molar-refractivity contribution is 5.69. The van der Waals surface area contributed by atoms with Gasteiger partial charge in [0.05, 0.1) is 32.1 Å². The molecule has 20 heavy (non-hydrogen) atoms. The molecule has 0 aliphatic heterocycles. The molecule has 0 bridgehead atoms. The number of imidazole rings is 1. The number of amides is 1. The van der Waals surface area contributed by atoms with Gasteiger partial charge in [-0.05, 0) is 20.8 Å². The van der Waals surface area contributed by atoms with Crippen molar-refractivity contribution in [1.82, 2.24) is 14.9 Å². The standard InChI is InChI=1S/C13H21N3O4/c1-13(2,3)20-12(18)15-8-10-7-14-9-16(10)6-5-11(17)19-4/h7,9H,5-6,8H2,1-4H3,(H,15,18). The fourth-order valence-corrected chi connectivity index (χ4v) is 1.49. The highest BCUT2D eigenvalue weighted by atomic mass is 16.6. The van der Waals surface area contributed by atoms with Gasteiger partial charge in [-0.15, -0.1) is 0 Å². The largest absolute Gasteiger partial charge is 0.469 e. The third-order valence-corrected chi connectivity index (χ3v) is 2.40. The minimum Gasteiger partial charge on any atom is -0.469 e. The third-order valence-electron chi connectivity index (χ3n) is 2.40. The second-order valence-corrected chi connectivity index (χ2v) is 5.26. The molecule has 0 saturated carbocycles. The Morgan fingerprint density at radius 3 is 2.70 bits per heavy atom. The maximum atomic E-state index is 11.5. The Morgan fingerprint density at radius 1 is 1.40 bits per heavy atom. The first-order valence-corrected chi connectivity index (χ1v) is 6.34. The van der Waals surface area contributed by atoms with Crippen molar-refractivity contribution in [3.63, 3.8) is 0 Å². The van der Waals surface area contributed by atoms with Crippen molar-refractivity contribution in [1.29, 1.82) is 0 Å². The number of methoxy groups -OCH3 is 1. The van der Waals surface area contributed by atoms with Gasteiger partial charge in [0.2, 0.25) is 0 Å². The molecule has 0 unspecified atom stereocenters. The maximum absolute atomic E-state index is 11.5. The fourth-order valence-electron chi connectivity index (χ4n) is 1.49. The molecule has 7 nitrogen and oxygen atoms in total. The van der Waals surface area contributed by atoms with Crippen LogP contribution in [0.25, 0.3) is 0 Å². The van der Waals surface area contributed by atoms with E-state index in [2.05, 4.69) is 15.0 Å². The predicted octanol–water partition coefficient (Wildman–Crippen LogP) is 1.47. The number of hydrogen-bond acceptors (Lipinski definition) is 5. The third kappa shape index (κ3) is 5.73. The quantitative estimate of drug-likeness (QED) is 0.827. The summed E-state index contributed by atoms with van der Waals surface area (Å²) in [6.45, 7) is 6.14. The summed E-state index contributed by atoms with van der Waals surface area (Å²) in [6.07, 6.45) is 3.01. The summed E-state index contributed by atoms with van der Waals surface area (Å²) >= 11 is 0. The van der Waals surface area contributed by atoms with Crippen LogP contribution in [0.1, 0.15) is 32.9 Å². The summed E-state index contributed by atoms with van der Waals surface area (Å²) in [6, 6.07) is 0. The summed E-state index contributed by atoms with van der Waals surface area (Å²) in [5.41, 5.74) is 0.259. The minimum atomic E-state index is -0.533. The van der Waals surface area contributed by atoms with Crippen LogP contribution in [-0.4, -0.2) is 34.3 Å². The molecule has 0 aromatic carbocycles. The minimum absolute atomic E-state index is 0.256. The number of aromatic nitrogens is 2. The monoisotopic (exact) mass is 283 g/mol. The van der Waals surface area contributed by atoms with Gasteiger partial charge < -0.3 is 19.4 Å². The van der Waals surface area contributed by atoms with Crippen LogP contribution in [0.3, 0.4) is 0 Å². The number of carbonyl (C=O) groups is 2. The highest BCUT2D eigenvalue weighted by Crippen LogP contribution is 2.07. The van der Waals surface area contributed by atoms with Crippen LogP contribution < -0.4 is 5.32 Å². The van der Waals surface area contributed by atoms with E-state index in [1.54, 1.807) is 37.9 Å². The van der Waals surface area contributed by atoms with Gasteiger partial charge in [0, 0.05) is 12.7 Å². The van der Waals surface area contributed by atoms with Crippen LogP contribution in [0.2, 0.25) is 0 Å². The van der Waals surface area contributed by atoms with Crippen LogP contribution in [0.4, 0.5) is 4.79 Å². The zero-order chi connectivity index (χ0) is 15.2. The van der Waals surface area contributed by atoms with E-state index in [4.69, 9.17) is 4.74 Å². The number of esters is 1. The average Bonchev–Trinajstić information content (AvgIpc) is 2.78. The van der Waals surface area contributed by atoms with Crippen molar-refractivity contribution in [2.24, 2.45) is 0 Å². The van der Waals surface area contributed by atoms with E-state index in [-0.39, 0.29) is 18.9 Å². The number of carbonyl (C=O) groups excluding carboxylic acids is 2. The molecule has 7 heteroatoms. The number of alkyl carbamates (subject to hydrolysis) is 1. The molecule has 0 atom stereocenters. The second kappa shape index (κ2) is 6.93. The van der Waals surface area contributed by atoms with Crippen LogP contribution in [0, 0.1) is 0 Å². The zero-order valence-electron chi connectivity index (χ0n) is 12.3. The Kier molecular flexibility index (Phi) is 5.54. The van der Waals surface area contributed by atoms with Gasteiger partial charge in [0.1, 0.15) is 5.60 Å². The van der Waals surface area contributed by atoms with E-state index >= 15 is 0 Å².